The summed E-state index contributed by atoms with van der Waals surface area (Å²) >= 11 is 0. The van der Waals surface area contributed by atoms with E-state index in [9.17, 15) is 4.79 Å². The number of methoxy groups -OCH3 is 1. The van der Waals surface area contributed by atoms with E-state index in [-0.39, 0.29) is 6.10 Å². The third kappa shape index (κ3) is 3.20. The molecule has 2 rings (SSSR count). The Morgan fingerprint density at radius 3 is 2.79 bits per heavy atom. The van der Waals surface area contributed by atoms with E-state index < -0.39 is 5.97 Å². The van der Waals surface area contributed by atoms with E-state index in [1.54, 1.807) is 14.0 Å². The van der Waals surface area contributed by atoms with E-state index in [0.29, 0.717) is 17.9 Å². The minimum Gasteiger partial charge on any atom is -0.457 e. The first kappa shape index (κ1) is 13.3. The van der Waals surface area contributed by atoms with Gasteiger partial charge < -0.3 is 9.47 Å². The highest BCUT2D eigenvalue weighted by molar-refractivity contribution is 5.95. The Morgan fingerprint density at radius 2 is 2.11 bits per heavy atom. The first-order chi connectivity index (χ1) is 9.22. The molecule has 100 valence electrons. The molecule has 0 saturated carbocycles. The number of carbonyl (C=O) groups excluding carboxylic acids is 1. The van der Waals surface area contributed by atoms with Crippen molar-refractivity contribution in [1.29, 1.82) is 0 Å². The molecule has 0 radical (unpaired) electrons. The lowest BCUT2D eigenvalue weighted by atomic mass is 10.1. The van der Waals surface area contributed by atoms with E-state index >= 15 is 0 Å². The van der Waals surface area contributed by atoms with Gasteiger partial charge in [-0.1, -0.05) is 30.3 Å². The van der Waals surface area contributed by atoms with E-state index in [2.05, 4.69) is 10.2 Å². The molecule has 19 heavy (non-hydrogen) atoms. The molecule has 2 aromatic rings. The van der Waals surface area contributed by atoms with Crippen LogP contribution in [0.2, 0.25) is 0 Å². The van der Waals surface area contributed by atoms with Gasteiger partial charge in [-0.05, 0) is 6.92 Å². The number of hydrogen-bond acceptors (Lipinski definition) is 4. The number of hydrogen-bond donors (Lipinski definition) is 1. The average Bonchev–Trinajstić information content (AvgIpc) is 2.89. The molecule has 0 fully saturated rings. The largest absolute Gasteiger partial charge is 0.457 e. The van der Waals surface area contributed by atoms with Crippen LogP contribution in [0.25, 0.3) is 11.3 Å². The van der Waals surface area contributed by atoms with E-state index in [0.717, 1.165) is 5.56 Å². The molecule has 5 heteroatoms. The Kier molecular flexibility index (Phi) is 4.30. The molecule has 1 heterocycles. The van der Waals surface area contributed by atoms with Crippen LogP contribution in [-0.4, -0.2) is 36.0 Å². The van der Waals surface area contributed by atoms with Crippen molar-refractivity contribution in [3.05, 3.63) is 42.1 Å². The van der Waals surface area contributed by atoms with Crippen LogP contribution < -0.4 is 0 Å². The maximum Gasteiger partial charge on any atom is 0.342 e. The van der Waals surface area contributed by atoms with Gasteiger partial charge in [-0.15, -0.1) is 0 Å². The van der Waals surface area contributed by atoms with Gasteiger partial charge in [0.25, 0.3) is 0 Å². The molecule has 1 N–H and O–H groups in total. The number of carbonyl (C=O) groups is 1. The zero-order valence-electron chi connectivity index (χ0n) is 10.9. The number of ether oxygens (including phenoxy) is 2. The highest BCUT2D eigenvalue weighted by Crippen LogP contribution is 2.21. The van der Waals surface area contributed by atoms with Crippen LogP contribution in [0, 0.1) is 0 Å². The molecule has 5 nitrogen and oxygen atoms in total. The van der Waals surface area contributed by atoms with Gasteiger partial charge in [-0.25, -0.2) is 4.79 Å². The van der Waals surface area contributed by atoms with Crippen LogP contribution >= 0.6 is 0 Å². The van der Waals surface area contributed by atoms with Crippen molar-refractivity contribution in [2.45, 2.75) is 13.0 Å². The van der Waals surface area contributed by atoms with Crippen molar-refractivity contribution >= 4 is 5.97 Å². The summed E-state index contributed by atoms with van der Waals surface area (Å²) in [7, 11) is 1.57. The summed E-state index contributed by atoms with van der Waals surface area (Å²) in [4.78, 5) is 12.0. The molecule has 1 aromatic heterocycles. The summed E-state index contributed by atoms with van der Waals surface area (Å²) in [6.07, 6.45) is 1.18. The van der Waals surface area contributed by atoms with Crippen molar-refractivity contribution in [1.82, 2.24) is 10.2 Å². The molecule has 1 aromatic carbocycles. The summed E-state index contributed by atoms with van der Waals surface area (Å²) in [5, 5.41) is 6.74. The standard InChI is InChI=1S/C14H16N2O3/c1-10(9-18-2)19-14(17)12-8-15-16-13(12)11-6-4-3-5-7-11/h3-8,10H,9H2,1-2H3,(H,15,16)/t10-/m1/s1. The maximum absolute atomic E-state index is 12.0. The number of benzene rings is 1. The van der Waals surface area contributed by atoms with E-state index in [4.69, 9.17) is 9.47 Å². The lowest BCUT2D eigenvalue weighted by Gasteiger charge is -2.11. The molecule has 0 aliphatic rings. The lowest BCUT2D eigenvalue weighted by molar-refractivity contribution is 0.0121. The Bertz CT molecular complexity index is 537. The molecule has 0 saturated heterocycles. The number of rotatable bonds is 5. The Labute approximate surface area is 111 Å². The third-order valence-corrected chi connectivity index (χ3v) is 2.63. The number of aromatic amines is 1. The average molecular weight is 260 g/mol. The van der Waals surface area contributed by atoms with Crippen LogP contribution in [0.15, 0.2) is 36.5 Å². The minimum atomic E-state index is -0.405. The maximum atomic E-state index is 12.0. The second-order valence-electron chi connectivity index (χ2n) is 4.20. The number of aromatic nitrogens is 2. The van der Waals surface area contributed by atoms with Crippen molar-refractivity contribution in [2.24, 2.45) is 0 Å². The second-order valence-corrected chi connectivity index (χ2v) is 4.20. The van der Waals surface area contributed by atoms with Gasteiger partial charge in [0, 0.05) is 12.7 Å². The fourth-order valence-corrected chi connectivity index (χ4v) is 1.78. The first-order valence-corrected chi connectivity index (χ1v) is 6.01. The van der Waals surface area contributed by atoms with Gasteiger partial charge >= 0.3 is 5.97 Å². The summed E-state index contributed by atoms with van der Waals surface area (Å²) in [5.41, 5.74) is 1.98. The second kappa shape index (κ2) is 6.15. The molecule has 0 spiro atoms. The third-order valence-electron chi connectivity index (χ3n) is 2.63. The van der Waals surface area contributed by atoms with Crippen molar-refractivity contribution in [2.75, 3.05) is 13.7 Å². The normalized spacial score (nSPS) is 12.1. The quantitative estimate of drug-likeness (QED) is 0.837. The van der Waals surface area contributed by atoms with Gasteiger partial charge in [-0.2, -0.15) is 5.10 Å². The predicted molar refractivity (Wildman–Crippen MR) is 70.8 cm³/mol. The highest BCUT2D eigenvalue weighted by Gasteiger charge is 2.18. The van der Waals surface area contributed by atoms with Gasteiger partial charge in [0.05, 0.1) is 18.5 Å². The fraction of sp³-hybridized carbons (Fsp3) is 0.286. The molecule has 1 atom stereocenters. The molecular formula is C14H16N2O3. The SMILES string of the molecule is COC[C@@H](C)OC(=O)c1cn[nH]c1-c1ccccc1. The Hall–Kier alpha value is -2.14. The van der Waals surface area contributed by atoms with Gasteiger partial charge in [-0.3, -0.25) is 5.10 Å². The number of H-pyrrole nitrogens is 1. The van der Waals surface area contributed by atoms with Gasteiger partial charge in [0.15, 0.2) is 0 Å². The predicted octanol–water partition coefficient (Wildman–Crippen LogP) is 2.27. The summed E-state index contributed by atoms with van der Waals surface area (Å²) < 4.78 is 10.2. The molecule has 0 aliphatic carbocycles. The first-order valence-electron chi connectivity index (χ1n) is 6.01. The summed E-state index contributed by atoms with van der Waals surface area (Å²) in [6.45, 7) is 2.15. The zero-order chi connectivity index (χ0) is 13.7. The van der Waals surface area contributed by atoms with Crippen LogP contribution in [0.4, 0.5) is 0 Å². The van der Waals surface area contributed by atoms with Crippen LogP contribution in [0.5, 0.6) is 0 Å². The number of esters is 1. The fourth-order valence-electron chi connectivity index (χ4n) is 1.78. The zero-order valence-corrected chi connectivity index (χ0v) is 10.9. The van der Waals surface area contributed by atoms with Crippen LogP contribution in [-0.2, 0) is 9.47 Å². The van der Waals surface area contributed by atoms with Crippen LogP contribution in [0.1, 0.15) is 17.3 Å². The Morgan fingerprint density at radius 1 is 1.37 bits per heavy atom. The minimum absolute atomic E-state index is 0.295. The monoisotopic (exact) mass is 260 g/mol. The van der Waals surface area contributed by atoms with Crippen molar-refractivity contribution < 1.29 is 14.3 Å². The molecule has 0 unspecified atom stereocenters. The molecular weight excluding hydrogens is 244 g/mol. The highest BCUT2D eigenvalue weighted by atomic mass is 16.6. The Balaban J connectivity index is 2.18. The topological polar surface area (TPSA) is 64.2 Å². The van der Waals surface area contributed by atoms with Crippen LogP contribution in [0.3, 0.4) is 0 Å². The lowest BCUT2D eigenvalue weighted by Crippen LogP contribution is -2.19. The number of nitrogens with zero attached hydrogens (tertiary/aromatic N) is 1. The molecule has 0 amide bonds. The molecule has 0 aliphatic heterocycles. The summed E-state index contributed by atoms with van der Waals surface area (Å²) in [6, 6.07) is 9.53. The molecule has 0 bridgehead atoms. The van der Waals surface area contributed by atoms with E-state index in [1.807, 2.05) is 30.3 Å². The van der Waals surface area contributed by atoms with Crippen molar-refractivity contribution in [3.8, 4) is 11.3 Å². The summed E-state index contributed by atoms with van der Waals surface area (Å²) in [5.74, 6) is -0.405. The van der Waals surface area contributed by atoms with Crippen molar-refractivity contribution in [3.63, 3.8) is 0 Å². The van der Waals surface area contributed by atoms with Gasteiger partial charge in [0.1, 0.15) is 11.7 Å². The smallest absolute Gasteiger partial charge is 0.342 e. The van der Waals surface area contributed by atoms with Gasteiger partial charge in [0.2, 0.25) is 0 Å². The van der Waals surface area contributed by atoms with E-state index in [1.165, 1.54) is 6.20 Å². The number of nitrogens with one attached hydrogen (secondary N) is 1.